The molecule has 2 rings (SSSR count). The van der Waals surface area contributed by atoms with Crippen LogP contribution in [0.1, 0.15) is 30.9 Å². The van der Waals surface area contributed by atoms with Crippen molar-refractivity contribution in [1.82, 2.24) is 4.98 Å². The van der Waals surface area contributed by atoms with Crippen LogP contribution in [0.5, 0.6) is 5.75 Å². The largest absolute Gasteiger partial charge is 0.489 e. The van der Waals surface area contributed by atoms with E-state index in [2.05, 4.69) is 4.98 Å². The van der Waals surface area contributed by atoms with Gasteiger partial charge in [0.05, 0.1) is 0 Å². The molecule has 18 heavy (non-hydrogen) atoms. The second-order valence-corrected chi connectivity index (χ2v) is 4.48. The van der Waals surface area contributed by atoms with E-state index in [1.807, 2.05) is 26.0 Å². The standard InChI is InChI=1S/C15H16FNO/c1-11(2)14-9-13(16)3-4-15(14)18-10-12-5-7-17-8-6-12/h3-9,11H,10H2,1-2H3. The Kier molecular flexibility index (Phi) is 3.92. The normalized spacial score (nSPS) is 10.7. The molecule has 0 radical (unpaired) electrons. The van der Waals surface area contributed by atoms with Crippen LogP contribution in [0.2, 0.25) is 0 Å². The molecule has 94 valence electrons. The molecule has 0 fully saturated rings. The van der Waals surface area contributed by atoms with E-state index >= 15 is 0 Å². The first kappa shape index (κ1) is 12.6. The highest BCUT2D eigenvalue weighted by atomic mass is 19.1. The smallest absolute Gasteiger partial charge is 0.123 e. The molecule has 3 heteroatoms. The van der Waals surface area contributed by atoms with Crippen LogP contribution in [0.25, 0.3) is 0 Å². The summed E-state index contributed by atoms with van der Waals surface area (Å²) in [5, 5.41) is 0. The number of nitrogens with zero attached hydrogens (tertiary/aromatic N) is 1. The highest BCUT2D eigenvalue weighted by molar-refractivity contribution is 5.36. The number of aromatic nitrogens is 1. The van der Waals surface area contributed by atoms with E-state index in [9.17, 15) is 4.39 Å². The Morgan fingerprint density at radius 3 is 2.56 bits per heavy atom. The van der Waals surface area contributed by atoms with Crippen molar-refractivity contribution in [1.29, 1.82) is 0 Å². The molecule has 0 N–H and O–H groups in total. The molecule has 1 aromatic carbocycles. The number of benzene rings is 1. The van der Waals surface area contributed by atoms with Gasteiger partial charge in [-0.1, -0.05) is 13.8 Å². The van der Waals surface area contributed by atoms with Crippen molar-refractivity contribution in [2.45, 2.75) is 26.4 Å². The maximum Gasteiger partial charge on any atom is 0.123 e. The molecule has 0 aliphatic rings. The number of hydrogen-bond donors (Lipinski definition) is 0. The maximum absolute atomic E-state index is 13.2. The van der Waals surface area contributed by atoms with E-state index in [1.54, 1.807) is 18.5 Å². The molecule has 0 saturated heterocycles. The first-order valence-electron chi connectivity index (χ1n) is 5.98. The molecule has 0 unspecified atom stereocenters. The van der Waals surface area contributed by atoms with Gasteiger partial charge in [0.25, 0.3) is 0 Å². The summed E-state index contributed by atoms with van der Waals surface area (Å²) in [7, 11) is 0. The Morgan fingerprint density at radius 1 is 1.17 bits per heavy atom. The molecular weight excluding hydrogens is 229 g/mol. The van der Waals surface area contributed by atoms with E-state index < -0.39 is 0 Å². The lowest BCUT2D eigenvalue weighted by Gasteiger charge is -2.14. The molecule has 0 amide bonds. The van der Waals surface area contributed by atoms with E-state index in [1.165, 1.54) is 12.1 Å². The van der Waals surface area contributed by atoms with Gasteiger partial charge in [-0.3, -0.25) is 4.98 Å². The van der Waals surface area contributed by atoms with Gasteiger partial charge in [-0.05, 0) is 47.4 Å². The van der Waals surface area contributed by atoms with Crippen LogP contribution >= 0.6 is 0 Å². The van der Waals surface area contributed by atoms with Crippen molar-refractivity contribution < 1.29 is 9.13 Å². The van der Waals surface area contributed by atoms with Crippen LogP contribution < -0.4 is 4.74 Å². The van der Waals surface area contributed by atoms with Gasteiger partial charge in [-0.15, -0.1) is 0 Å². The third-order valence-electron chi connectivity index (χ3n) is 2.74. The van der Waals surface area contributed by atoms with Gasteiger partial charge >= 0.3 is 0 Å². The Morgan fingerprint density at radius 2 is 1.89 bits per heavy atom. The first-order valence-corrected chi connectivity index (χ1v) is 5.98. The van der Waals surface area contributed by atoms with Crippen LogP contribution in [0.3, 0.4) is 0 Å². The van der Waals surface area contributed by atoms with E-state index in [0.717, 1.165) is 16.9 Å². The van der Waals surface area contributed by atoms with Crippen LogP contribution in [-0.4, -0.2) is 4.98 Å². The van der Waals surface area contributed by atoms with Gasteiger partial charge < -0.3 is 4.74 Å². The van der Waals surface area contributed by atoms with Gasteiger partial charge in [0.2, 0.25) is 0 Å². The van der Waals surface area contributed by atoms with Gasteiger partial charge in [-0.2, -0.15) is 0 Å². The highest BCUT2D eigenvalue weighted by Crippen LogP contribution is 2.27. The molecular formula is C15H16FNO. The SMILES string of the molecule is CC(C)c1cc(F)ccc1OCc1ccncc1. The number of ether oxygens (including phenoxy) is 1. The molecule has 0 bridgehead atoms. The molecule has 1 heterocycles. The Hall–Kier alpha value is -1.90. The zero-order valence-electron chi connectivity index (χ0n) is 10.6. The zero-order valence-corrected chi connectivity index (χ0v) is 10.6. The summed E-state index contributed by atoms with van der Waals surface area (Å²) in [6.07, 6.45) is 3.46. The molecule has 0 atom stereocenters. The predicted octanol–water partition coefficient (Wildman–Crippen LogP) is 3.92. The lowest BCUT2D eigenvalue weighted by Crippen LogP contribution is -2.00. The summed E-state index contributed by atoms with van der Waals surface area (Å²) in [6.45, 7) is 4.51. The molecule has 0 spiro atoms. The summed E-state index contributed by atoms with van der Waals surface area (Å²) in [5.41, 5.74) is 1.94. The van der Waals surface area contributed by atoms with Crippen molar-refractivity contribution in [2.75, 3.05) is 0 Å². The van der Waals surface area contributed by atoms with Crippen LogP contribution in [0.4, 0.5) is 4.39 Å². The van der Waals surface area contributed by atoms with Crippen molar-refractivity contribution in [2.24, 2.45) is 0 Å². The van der Waals surface area contributed by atoms with Crippen LogP contribution in [0.15, 0.2) is 42.7 Å². The van der Waals surface area contributed by atoms with Crippen LogP contribution in [-0.2, 0) is 6.61 Å². The topological polar surface area (TPSA) is 22.1 Å². The molecule has 1 aromatic heterocycles. The third-order valence-corrected chi connectivity index (χ3v) is 2.74. The van der Waals surface area contributed by atoms with Gasteiger partial charge in [0.15, 0.2) is 0 Å². The Balaban J connectivity index is 2.14. The fourth-order valence-corrected chi connectivity index (χ4v) is 1.74. The zero-order chi connectivity index (χ0) is 13.0. The van der Waals surface area contributed by atoms with Gasteiger partial charge in [0.1, 0.15) is 18.2 Å². The fourth-order valence-electron chi connectivity index (χ4n) is 1.74. The van der Waals surface area contributed by atoms with E-state index in [4.69, 9.17) is 4.74 Å². The fraction of sp³-hybridized carbons (Fsp3) is 0.267. The minimum Gasteiger partial charge on any atom is -0.489 e. The van der Waals surface area contributed by atoms with E-state index in [0.29, 0.717) is 6.61 Å². The summed E-state index contributed by atoms with van der Waals surface area (Å²) >= 11 is 0. The number of halogens is 1. The van der Waals surface area contributed by atoms with E-state index in [-0.39, 0.29) is 11.7 Å². The second kappa shape index (κ2) is 5.63. The minimum absolute atomic E-state index is 0.227. The predicted molar refractivity (Wildman–Crippen MR) is 69.1 cm³/mol. The van der Waals surface area contributed by atoms with Crippen molar-refractivity contribution in [3.63, 3.8) is 0 Å². The third kappa shape index (κ3) is 3.06. The van der Waals surface area contributed by atoms with Crippen molar-refractivity contribution in [3.05, 3.63) is 59.7 Å². The average Bonchev–Trinajstić information content (AvgIpc) is 2.38. The molecule has 0 aliphatic heterocycles. The molecule has 0 aliphatic carbocycles. The van der Waals surface area contributed by atoms with Gasteiger partial charge in [-0.25, -0.2) is 4.39 Å². The first-order chi connectivity index (χ1) is 8.66. The van der Waals surface area contributed by atoms with Crippen molar-refractivity contribution >= 4 is 0 Å². The van der Waals surface area contributed by atoms with Crippen LogP contribution in [0, 0.1) is 5.82 Å². The number of rotatable bonds is 4. The minimum atomic E-state index is -0.227. The monoisotopic (exact) mass is 245 g/mol. The number of pyridine rings is 1. The summed E-state index contributed by atoms with van der Waals surface area (Å²) in [6, 6.07) is 8.45. The maximum atomic E-state index is 13.2. The molecule has 2 aromatic rings. The number of hydrogen-bond acceptors (Lipinski definition) is 2. The molecule has 0 saturated carbocycles. The lowest BCUT2D eigenvalue weighted by atomic mass is 10.0. The quantitative estimate of drug-likeness (QED) is 0.814. The summed E-state index contributed by atoms with van der Waals surface area (Å²) < 4.78 is 19.0. The Bertz CT molecular complexity index is 511. The Labute approximate surface area is 106 Å². The summed E-state index contributed by atoms with van der Waals surface area (Å²) in [5.74, 6) is 0.742. The van der Waals surface area contributed by atoms with Crippen molar-refractivity contribution in [3.8, 4) is 5.75 Å². The average molecular weight is 245 g/mol. The van der Waals surface area contributed by atoms with Gasteiger partial charge in [0, 0.05) is 12.4 Å². The molecule has 2 nitrogen and oxygen atoms in total. The lowest BCUT2D eigenvalue weighted by molar-refractivity contribution is 0.301. The summed E-state index contributed by atoms with van der Waals surface area (Å²) in [4.78, 5) is 3.95. The second-order valence-electron chi connectivity index (χ2n) is 4.48. The highest BCUT2D eigenvalue weighted by Gasteiger charge is 2.09.